The molecule has 0 aliphatic heterocycles. The zero-order valence-corrected chi connectivity index (χ0v) is 9.90. The number of rotatable bonds is 11. The Labute approximate surface area is 91.5 Å². The summed E-state index contributed by atoms with van der Waals surface area (Å²) in [4.78, 5) is 0. The van der Waals surface area contributed by atoms with Crippen LogP contribution in [0.25, 0.3) is 0 Å². The average molecular weight is 196 g/mol. The minimum absolute atomic E-state index is 1.12. The van der Waals surface area contributed by atoms with E-state index >= 15 is 0 Å². The van der Waals surface area contributed by atoms with E-state index < -0.39 is 0 Å². The zero-order valence-electron chi connectivity index (χ0n) is 9.90. The van der Waals surface area contributed by atoms with E-state index in [4.69, 9.17) is 0 Å². The Bertz CT molecular complexity index is 74.0. The number of unbranched alkanes of at least 4 members (excludes halogenated alkanes) is 11. The molecule has 0 atom stereocenters. The largest absolute Gasteiger partial charge is 0.343 e. The van der Waals surface area contributed by atoms with Crippen molar-refractivity contribution in [2.45, 2.75) is 77.0 Å². The first kappa shape index (κ1) is 14.0. The first-order valence-corrected chi connectivity index (χ1v) is 6.50. The van der Waals surface area contributed by atoms with Crippen molar-refractivity contribution in [2.24, 2.45) is 0 Å². The van der Waals surface area contributed by atoms with E-state index in [-0.39, 0.29) is 0 Å². The van der Waals surface area contributed by atoms with Gasteiger partial charge in [-0.25, -0.2) is 0 Å². The van der Waals surface area contributed by atoms with E-state index in [0.717, 1.165) is 12.8 Å². The molecule has 0 nitrogen and oxygen atoms in total. The van der Waals surface area contributed by atoms with E-state index in [0.29, 0.717) is 0 Å². The molecule has 0 aromatic carbocycles. The van der Waals surface area contributed by atoms with Gasteiger partial charge in [0.25, 0.3) is 0 Å². The van der Waals surface area contributed by atoms with Crippen LogP contribution in [0.3, 0.4) is 0 Å². The molecule has 0 rings (SSSR count). The van der Waals surface area contributed by atoms with Gasteiger partial charge in [0.15, 0.2) is 0 Å². The predicted octanol–water partition coefficient (Wildman–Crippen LogP) is 5.34. The molecule has 0 aromatic rings. The van der Waals surface area contributed by atoms with Crippen LogP contribution >= 0.6 is 0 Å². The van der Waals surface area contributed by atoms with E-state index in [2.05, 4.69) is 13.8 Å². The van der Waals surface area contributed by atoms with Crippen molar-refractivity contribution in [3.63, 3.8) is 0 Å². The zero-order chi connectivity index (χ0) is 10.5. The number of hydrogen-bond acceptors (Lipinski definition) is 0. The molecule has 14 heavy (non-hydrogen) atoms. The summed E-state index contributed by atoms with van der Waals surface area (Å²) in [6.45, 7) is 7.71. The lowest BCUT2D eigenvalue weighted by Crippen LogP contribution is -1.81. The van der Waals surface area contributed by atoms with Crippen LogP contribution in [0.1, 0.15) is 77.0 Å². The molecule has 0 radical (unpaired) electrons. The van der Waals surface area contributed by atoms with Crippen LogP contribution in [0.4, 0.5) is 0 Å². The highest BCUT2D eigenvalue weighted by Crippen LogP contribution is 2.11. The maximum Gasteiger partial charge on any atom is -0.0533 e. The molecular formula is C14H28-2. The Morgan fingerprint density at radius 1 is 0.357 bits per heavy atom. The van der Waals surface area contributed by atoms with Gasteiger partial charge >= 0.3 is 0 Å². The van der Waals surface area contributed by atoms with Crippen LogP contribution in [0.2, 0.25) is 0 Å². The molecule has 0 spiro atoms. The van der Waals surface area contributed by atoms with Gasteiger partial charge in [0.1, 0.15) is 0 Å². The Morgan fingerprint density at radius 2 is 0.571 bits per heavy atom. The molecule has 0 unspecified atom stereocenters. The van der Waals surface area contributed by atoms with Crippen molar-refractivity contribution in [2.75, 3.05) is 0 Å². The molecule has 0 bridgehead atoms. The third-order valence-electron chi connectivity index (χ3n) is 2.75. The lowest BCUT2D eigenvalue weighted by atomic mass is 10.1. The summed E-state index contributed by atoms with van der Waals surface area (Å²) in [5, 5.41) is 0. The first-order valence-electron chi connectivity index (χ1n) is 6.50. The molecule has 0 N–H and O–H groups in total. The van der Waals surface area contributed by atoms with Crippen molar-refractivity contribution in [1.82, 2.24) is 0 Å². The van der Waals surface area contributed by atoms with Crippen LogP contribution in [0.5, 0.6) is 0 Å². The summed E-state index contributed by atoms with van der Waals surface area (Å²) >= 11 is 0. The fourth-order valence-electron chi connectivity index (χ4n) is 1.77. The van der Waals surface area contributed by atoms with Crippen molar-refractivity contribution >= 4 is 0 Å². The minimum atomic E-state index is 1.12. The van der Waals surface area contributed by atoms with Gasteiger partial charge in [-0.05, 0) is 0 Å². The van der Waals surface area contributed by atoms with Gasteiger partial charge < -0.3 is 13.8 Å². The third kappa shape index (κ3) is 12.0. The molecule has 0 aliphatic carbocycles. The second-order valence-corrected chi connectivity index (χ2v) is 4.24. The Morgan fingerprint density at radius 3 is 0.786 bits per heavy atom. The summed E-state index contributed by atoms with van der Waals surface area (Å²) in [5.41, 5.74) is 0. The summed E-state index contributed by atoms with van der Waals surface area (Å²) in [6, 6.07) is 0. The maximum atomic E-state index is 3.86. The van der Waals surface area contributed by atoms with Gasteiger partial charge in [0.2, 0.25) is 0 Å². The maximum absolute atomic E-state index is 3.86. The Kier molecular flexibility index (Phi) is 13.0. The second-order valence-electron chi connectivity index (χ2n) is 4.24. The fraction of sp³-hybridized carbons (Fsp3) is 0.857. The van der Waals surface area contributed by atoms with Crippen LogP contribution in [-0.2, 0) is 0 Å². The molecular weight excluding hydrogens is 168 g/mol. The van der Waals surface area contributed by atoms with Gasteiger partial charge in [-0.1, -0.05) is 64.2 Å². The smallest absolute Gasteiger partial charge is 0.0533 e. The predicted molar refractivity (Wildman–Crippen MR) is 66.1 cm³/mol. The normalized spacial score (nSPS) is 10.7. The standard InChI is InChI=1S/C14H28/c1-3-5-7-9-11-13-14-12-10-8-6-4-2/h1-14H2/q-2. The van der Waals surface area contributed by atoms with Gasteiger partial charge in [-0.15, -0.1) is 0 Å². The lowest BCUT2D eigenvalue weighted by Gasteiger charge is -2.02. The molecule has 0 heterocycles. The fourth-order valence-corrected chi connectivity index (χ4v) is 1.77. The topological polar surface area (TPSA) is 0 Å². The van der Waals surface area contributed by atoms with Gasteiger partial charge in [0.05, 0.1) is 0 Å². The van der Waals surface area contributed by atoms with Crippen LogP contribution < -0.4 is 0 Å². The Balaban J connectivity index is 2.78. The molecule has 0 heteroatoms. The van der Waals surface area contributed by atoms with Gasteiger partial charge in [0, 0.05) is 0 Å². The summed E-state index contributed by atoms with van der Waals surface area (Å²) in [7, 11) is 0. The van der Waals surface area contributed by atoms with E-state index in [1.54, 1.807) is 0 Å². The van der Waals surface area contributed by atoms with E-state index in [1.807, 2.05) is 0 Å². The SMILES string of the molecule is [CH2-]CCCCCCCCCCCC[CH2-]. The highest BCUT2D eigenvalue weighted by molar-refractivity contribution is 4.49. The van der Waals surface area contributed by atoms with Crippen LogP contribution in [0.15, 0.2) is 0 Å². The molecule has 0 saturated carbocycles. The van der Waals surface area contributed by atoms with Crippen molar-refractivity contribution in [3.05, 3.63) is 13.8 Å². The van der Waals surface area contributed by atoms with Gasteiger partial charge in [-0.3, -0.25) is 0 Å². The number of hydrogen-bond donors (Lipinski definition) is 0. The van der Waals surface area contributed by atoms with Crippen LogP contribution in [-0.4, -0.2) is 0 Å². The van der Waals surface area contributed by atoms with Crippen molar-refractivity contribution in [1.29, 1.82) is 0 Å². The van der Waals surface area contributed by atoms with E-state index in [9.17, 15) is 0 Å². The lowest BCUT2D eigenvalue weighted by molar-refractivity contribution is 0.553. The molecule has 0 fully saturated rings. The van der Waals surface area contributed by atoms with E-state index in [1.165, 1.54) is 64.2 Å². The molecule has 0 amide bonds. The molecule has 0 aromatic heterocycles. The first-order chi connectivity index (χ1) is 6.91. The van der Waals surface area contributed by atoms with Crippen LogP contribution in [0, 0.1) is 13.8 Å². The highest BCUT2D eigenvalue weighted by atomic mass is 14.0. The monoisotopic (exact) mass is 196 g/mol. The Hall–Kier alpha value is 0. The molecule has 86 valence electrons. The summed E-state index contributed by atoms with van der Waals surface area (Å²) in [5.74, 6) is 0. The molecule has 0 aliphatic rings. The second kappa shape index (κ2) is 13.0. The third-order valence-corrected chi connectivity index (χ3v) is 2.75. The van der Waals surface area contributed by atoms with Crippen molar-refractivity contribution < 1.29 is 0 Å². The molecule has 0 saturated heterocycles. The quantitative estimate of drug-likeness (QED) is 0.309. The average Bonchev–Trinajstić information content (AvgIpc) is 2.21. The summed E-state index contributed by atoms with van der Waals surface area (Å²) in [6.07, 6.45) is 16.3. The minimum Gasteiger partial charge on any atom is -0.343 e. The van der Waals surface area contributed by atoms with Gasteiger partial charge in [-0.2, -0.15) is 12.8 Å². The highest BCUT2D eigenvalue weighted by Gasteiger charge is 1.90. The summed E-state index contributed by atoms with van der Waals surface area (Å²) < 4.78 is 0. The van der Waals surface area contributed by atoms with Crippen molar-refractivity contribution in [3.8, 4) is 0 Å².